The topological polar surface area (TPSA) is 53.8 Å². The van der Waals surface area contributed by atoms with Gasteiger partial charge in [-0.2, -0.15) is 5.26 Å². The van der Waals surface area contributed by atoms with Gasteiger partial charge in [0.1, 0.15) is 6.07 Å². The number of hydrogen-bond donors (Lipinski definition) is 0. The average Bonchev–Trinajstić information content (AvgIpc) is 2.83. The van der Waals surface area contributed by atoms with Crippen molar-refractivity contribution >= 4 is 28.9 Å². The van der Waals surface area contributed by atoms with E-state index in [2.05, 4.69) is 39.9 Å². The summed E-state index contributed by atoms with van der Waals surface area (Å²) in [7, 11) is 2.16. The fourth-order valence-corrected chi connectivity index (χ4v) is 5.53. The molecule has 5 rings (SSSR count). The Hall–Kier alpha value is -2.75. The van der Waals surface area contributed by atoms with Gasteiger partial charge in [-0.05, 0) is 62.4 Å². The molecule has 7 heteroatoms. The molecule has 6 nitrogen and oxygen atoms in total. The highest BCUT2D eigenvalue weighted by molar-refractivity contribution is 6.32. The fraction of sp³-hybridized carbons (Fsp3) is 0.462. The third-order valence-corrected chi connectivity index (χ3v) is 7.90. The van der Waals surface area contributed by atoms with Crippen molar-refractivity contribution in [1.82, 2.24) is 9.80 Å². The monoisotopic (exact) mass is 463 g/mol. The van der Waals surface area contributed by atoms with Gasteiger partial charge in [0.2, 0.25) is 0 Å². The third kappa shape index (κ3) is 4.40. The molecule has 0 aliphatic carbocycles. The maximum atomic E-state index is 13.0. The van der Waals surface area contributed by atoms with Gasteiger partial charge in [-0.25, -0.2) is 0 Å². The van der Waals surface area contributed by atoms with Crippen molar-refractivity contribution in [2.75, 3.05) is 69.2 Å². The van der Waals surface area contributed by atoms with E-state index in [9.17, 15) is 4.79 Å². The lowest BCUT2D eigenvalue weighted by molar-refractivity contribution is -0.00784. The van der Waals surface area contributed by atoms with Crippen LogP contribution in [0.15, 0.2) is 42.5 Å². The molecular weight excluding hydrogens is 434 g/mol. The van der Waals surface area contributed by atoms with E-state index in [1.165, 1.54) is 5.69 Å². The maximum absolute atomic E-state index is 13.0. The van der Waals surface area contributed by atoms with Crippen LogP contribution in [0.1, 0.15) is 28.8 Å². The molecule has 3 aliphatic heterocycles. The van der Waals surface area contributed by atoms with Gasteiger partial charge in [0.05, 0.1) is 10.6 Å². The molecular formula is C26H30ClN5O. The molecule has 0 aromatic heterocycles. The van der Waals surface area contributed by atoms with E-state index >= 15 is 0 Å². The van der Waals surface area contributed by atoms with Crippen LogP contribution < -0.4 is 9.80 Å². The van der Waals surface area contributed by atoms with Crippen LogP contribution >= 0.6 is 11.6 Å². The number of piperidine rings is 1. The smallest absolute Gasteiger partial charge is 0.253 e. The summed E-state index contributed by atoms with van der Waals surface area (Å²) >= 11 is 6.22. The van der Waals surface area contributed by atoms with Crippen molar-refractivity contribution in [2.45, 2.75) is 12.8 Å². The minimum atomic E-state index is 0.145. The number of carbonyl (C=O) groups is 1. The lowest BCUT2D eigenvalue weighted by atomic mass is 9.71. The molecule has 1 amide bonds. The zero-order chi connectivity index (χ0) is 23.0. The van der Waals surface area contributed by atoms with Gasteiger partial charge < -0.3 is 19.6 Å². The Morgan fingerprint density at radius 2 is 1.52 bits per heavy atom. The van der Waals surface area contributed by atoms with E-state index in [1.807, 2.05) is 29.2 Å². The van der Waals surface area contributed by atoms with Crippen LogP contribution in [0.25, 0.3) is 0 Å². The molecule has 2 aromatic carbocycles. The predicted molar refractivity (Wildman–Crippen MR) is 132 cm³/mol. The van der Waals surface area contributed by atoms with Crippen molar-refractivity contribution in [1.29, 1.82) is 5.26 Å². The number of likely N-dealkylation sites (N-methyl/N-ethyl adjacent to an activating group) is 1. The summed E-state index contributed by atoms with van der Waals surface area (Å²) in [5, 5.41) is 9.59. The first-order chi connectivity index (χ1) is 16.0. The summed E-state index contributed by atoms with van der Waals surface area (Å²) < 4.78 is 0. The van der Waals surface area contributed by atoms with Gasteiger partial charge in [0, 0.05) is 74.7 Å². The number of likely N-dealkylation sites (tertiary alicyclic amines) is 1. The first-order valence-electron chi connectivity index (χ1n) is 11.7. The molecule has 0 bridgehead atoms. The zero-order valence-corrected chi connectivity index (χ0v) is 19.9. The van der Waals surface area contributed by atoms with E-state index < -0.39 is 0 Å². The van der Waals surface area contributed by atoms with Crippen molar-refractivity contribution in [3.63, 3.8) is 0 Å². The maximum Gasteiger partial charge on any atom is 0.253 e. The summed E-state index contributed by atoms with van der Waals surface area (Å²) in [4.78, 5) is 22.1. The fourth-order valence-electron chi connectivity index (χ4n) is 5.32. The minimum Gasteiger partial charge on any atom is -0.371 e. The van der Waals surface area contributed by atoms with Crippen molar-refractivity contribution in [3.8, 4) is 6.07 Å². The van der Waals surface area contributed by atoms with Gasteiger partial charge in [0.25, 0.3) is 5.91 Å². The quantitative estimate of drug-likeness (QED) is 0.694. The molecule has 3 fully saturated rings. The normalized spacial score (nSPS) is 20.5. The number of carbonyl (C=O) groups excluding carboxylic acids is 1. The summed E-state index contributed by atoms with van der Waals surface area (Å²) in [5.74, 6) is 0.145. The number of halogens is 1. The van der Waals surface area contributed by atoms with E-state index in [-0.39, 0.29) is 11.3 Å². The number of piperazine rings is 1. The van der Waals surface area contributed by atoms with E-state index in [0.29, 0.717) is 10.6 Å². The molecule has 0 unspecified atom stereocenters. The highest BCUT2D eigenvalue weighted by atomic mass is 35.5. The highest BCUT2D eigenvalue weighted by Gasteiger charge is 2.46. The molecule has 0 atom stereocenters. The standard InChI is InChI=1S/C26H30ClN5O/c1-29-12-14-31(15-13-29)22-5-2-20(3-6-22)25(33)32-18-26(19-32)8-10-30(11-9-26)23-7-4-21(17-28)24(27)16-23/h2-7,16H,8-15,18-19H2,1H3. The van der Waals surface area contributed by atoms with Crippen LogP contribution in [-0.2, 0) is 0 Å². The number of nitrogens with zero attached hydrogens (tertiary/aromatic N) is 5. The molecule has 2 aromatic rings. The largest absolute Gasteiger partial charge is 0.371 e. The zero-order valence-electron chi connectivity index (χ0n) is 19.1. The summed E-state index contributed by atoms with van der Waals surface area (Å²) in [6.45, 7) is 7.79. The van der Waals surface area contributed by atoms with E-state index in [1.54, 1.807) is 6.07 Å². The van der Waals surface area contributed by atoms with Gasteiger partial charge in [0.15, 0.2) is 0 Å². The lowest BCUT2D eigenvalue weighted by Crippen LogP contribution is -2.61. The van der Waals surface area contributed by atoms with Crippen LogP contribution in [0, 0.1) is 16.7 Å². The molecule has 3 heterocycles. The summed E-state index contributed by atoms with van der Waals surface area (Å²) in [6.07, 6.45) is 2.13. The number of benzene rings is 2. The molecule has 0 N–H and O–H groups in total. The first kappa shape index (κ1) is 22.1. The minimum absolute atomic E-state index is 0.145. The Labute approximate surface area is 200 Å². The number of rotatable bonds is 3. The van der Waals surface area contributed by atoms with Crippen LogP contribution in [0.2, 0.25) is 5.02 Å². The second kappa shape index (κ2) is 8.89. The second-order valence-corrected chi connectivity index (χ2v) is 10.2. The average molecular weight is 464 g/mol. The number of amides is 1. The van der Waals surface area contributed by atoms with Crippen molar-refractivity contribution < 1.29 is 4.79 Å². The molecule has 1 spiro atoms. The van der Waals surface area contributed by atoms with Gasteiger partial charge >= 0.3 is 0 Å². The van der Waals surface area contributed by atoms with E-state index in [4.69, 9.17) is 16.9 Å². The molecule has 3 saturated heterocycles. The Balaban J connectivity index is 1.14. The SMILES string of the molecule is CN1CCN(c2ccc(C(=O)N3CC4(CCN(c5ccc(C#N)c(Cl)c5)CC4)C3)cc2)CC1. The Bertz CT molecular complexity index is 1060. The molecule has 33 heavy (non-hydrogen) atoms. The van der Waals surface area contributed by atoms with Crippen molar-refractivity contribution in [3.05, 3.63) is 58.6 Å². The number of nitriles is 1. The van der Waals surface area contributed by atoms with Crippen LogP contribution in [-0.4, -0.2) is 75.1 Å². The summed E-state index contributed by atoms with van der Waals surface area (Å²) in [6, 6.07) is 15.9. The van der Waals surface area contributed by atoms with Crippen LogP contribution in [0.5, 0.6) is 0 Å². The summed E-state index contributed by atoms with van der Waals surface area (Å²) in [5.41, 5.74) is 3.81. The Morgan fingerprint density at radius 3 is 2.12 bits per heavy atom. The van der Waals surface area contributed by atoms with Gasteiger partial charge in [-0.15, -0.1) is 0 Å². The van der Waals surface area contributed by atoms with Crippen molar-refractivity contribution in [2.24, 2.45) is 5.41 Å². The lowest BCUT2D eigenvalue weighted by Gasteiger charge is -2.54. The molecule has 0 saturated carbocycles. The Morgan fingerprint density at radius 1 is 0.909 bits per heavy atom. The highest BCUT2D eigenvalue weighted by Crippen LogP contribution is 2.42. The predicted octanol–water partition coefficient (Wildman–Crippen LogP) is 3.71. The van der Waals surface area contributed by atoms with Crippen LogP contribution in [0.4, 0.5) is 11.4 Å². The third-order valence-electron chi connectivity index (χ3n) is 7.58. The number of hydrogen-bond acceptors (Lipinski definition) is 5. The Kier molecular flexibility index (Phi) is 5.94. The van der Waals surface area contributed by atoms with Gasteiger partial charge in [-0.3, -0.25) is 4.79 Å². The molecule has 3 aliphatic rings. The molecule has 172 valence electrons. The number of anilines is 2. The first-order valence-corrected chi connectivity index (χ1v) is 12.1. The molecule has 0 radical (unpaired) electrons. The van der Waals surface area contributed by atoms with Crippen LogP contribution in [0.3, 0.4) is 0 Å². The van der Waals surface area contributed by atoms with E-state index in [0.717, 1.165) is 76.5 Å². The second-order valence-electron chi connectivity index (χ2n) is 9.76. The van der Waals surface area contributed by atoms with Gasteiger partial charge in [-0.1, -0.05) is 11.6 Å².